The van der Waals surface area contributed by atoms with E-state index in [1.807, 2.05) is 12.3 Å². The molecule has 1 heterocycles. The molecule has 0 atom stereocenters. The van der Waals surface area contributed by atoms with E-state index >= 15 is 0 Å². The van der Waals surface area contributed by atoms with Crippen LogP contribution in [-0.2, 0) is 11.3 Å². The molecule has 0 radical (unpaired) electrons. The van der Waals surface area contributed by atoms with Gasteiger partial charge in [-0.2, -0.15) is 0 Å². The maximum absolute atomic E-state index is 5.48. The van der Waals surface area contributed by atoms with Gasteiger partial charge in [0.15, 0.2) is 0 Å². The van der Waals surface area contributed by atoms with Crippen molar-refractivity contribution in [3.8, 4) is 0 Å². The van der Waals surface area contributed by atoms with Gasteiger partial charge >= 0.3 is 0 Å². The van der Waals surface area contributed by atoms with Crippen LogP contribution in [0.4, 0.5) is 0 Å². The molecule has 16 heavy (non-hydrogen) atoms. The van der Waals surface area contributed by atoms with Crippen molar-refractivity contribution >= 4 is 0 Å². The minimum absolute atomic E-state index is 0.609. The zero-order valence-electron chi connectivity index (χ0n) is 10.5. The van der Waals surface area contributed by atoms with Crippen LogP contribution in [0.15, 0.2) is 18.3 Å². The van der Waals surface area contributed by atoms with E-state index in [4.69, 9.17) is 4.74 Å². The summed E-state index contributed by atoms with van der Waals surface area (Å²) in [4.78, 5) is 4.32. The summed E-state index contributed by atoms with van der Waals surface area (Å²) in [6.07, 6.45) is 1.83. The molecule has 0 spiro atoms. The van der Waals surface area contributed by atoms with Crippen LogP contribution in [0.1, 0.15) is 25.1 Å². The fraction of sp³-hybridized carbons (Fsp3) is 0.615. The van der Waals surface area contributed by atoms with Crippen molar-refractivity contribution in [2.75, 3.05) is 19.8 Å². The Balaban J connectivity index is 2.10. The van der Waals surface area contributed by atoms with Crippen LogP contribution in [0.25, 0.3) is 0 Å². The predicted molar refractivity (Wildman–Crippen MR) is 66.3 cm³/mol. The summed E-state index contributed by atoms with van der Waals surface area (Å²) in [5, 5.41) is 3.33. The Hall–Kier alpha value is -0.930. The summed E-state index contributed by atoms with van der Waals surface area (Å²) in [6, 6.07) is 4.05. The topological polar surface area (TPSA) is 34.2 Å². The quantitative estimate of drug-likeness (QED) is 0.718. The van der Waals surface area contributed by atoms with E-state index in [9.17, 15) is 0 Å². The molecular formula is C13H22N2O. The maximum atomic E-state index is 5.48. The van der Waals surface area contributed by atoms with Crippen LogP contribution in [0.3, 0.4) is 0 Å². The molecule has 1 N–H and O–H groups in total. The number of rotatable bonds is 7. The Labute approximate surface area is 98.2 Å². The van der Waals surface area contributed by atoms with Gasteiger partial charge in [-0.15, -0.1) is 0 Å². The zero-order valence-corrected chi connectivity index (χ0v) is 10.5. The molecule has 0 aliphatic rings. The molecule has 3 heteroatoms. The van der Waals surface area contributed by atoms with E-state index in [-0.39, 0.29) is 0 Å². The van der Waals surface area contributed by atoms with Gasteiger partial charge < -0.3 is 10.1 Å². The van der Waals surface area contributed by atoms with Gasteiger partial charge in [0.05, 0.1) is 12.3 Å². The van der Waals surface area contributed by atoms with Crippen molar-refractivity contribution in [1.29, 1.82) is 0 Å². The summed E-state index contributed by atoms with van der Waals surface area (Å²) in [7, 11) is 0. The van der Waals surface area contributed by atoms with Crippen molar-refractivity contribution in [2.24, 2.45) is 5.92 Å². The number of pyridine rings is 1. The number of nitrogens with zero attached hydrogens (tertiary/aromatic N) is 1. The molecule has 90 valence electrons. The second-order valence-electron chi connectivity index (χ2n) is 4.41. The molecule has 0 aliphatic heterocycles. The second kappa shape index (κ2) is 7.36. The average Bonchev–Trinajstić information content (AvgIpc) is 2.25. The number of aryl methyl sites for hydroxylation is 1. The minimum atomic E-state index is 0.609. The SMILES string of the molecule is Cc1cccnc1CNCCOCC(C)C. The lowest BCUT2D eigenvalue weighted by atomic mass is 10.2. The summed E-state index contributed by atoms with van der Waals surface area (Å²) in [5.41, 5.74) is 2.35. The highest BCUT2D eigenvalue weighted by atomic mass is 16.5. The highest BCUT2D eigenvalue weighted by molar-refractivity contribution is 5.17. The third kappa shape index (κ3) is 5.24. The molecule has 1 aromatic heterocycles. The number of hydrogen-bond donors (Lipinski definition) is 1. The van der Waals surface area contributed by atoms with E-state index in [1.54, 1.807) is 0 Å². The number of aromatic nitrogens is 1. The Morgan fingerprint density at radius 3 is 2.94 bits per heavy atom. The van der Waals surface area contributed by atoms with Crippen LogP contribution in [0.5, 0.6) is 0 Å². The molecule has 0 fully saturated rings. The largest absolute Gasteiger partial charge is 0.380 e. The molecule has 0 bridgehead atoms. The van der Waals surface area contributed by atoms with Crippen LogP contribution in [0, 0.1) is 12.8 Å². The monoisotopic (exact) mass is 222 g/mol. The number of nitrogens with one attached hydrogen (secondary N) is 1. The third-order valence-corrected chi connectivity index (χ3v) is 2.28. The van der Waals surface area contributed by atoms with Gasteiger partial charge in [0.1, 0.15) is 0 Å². The van der Waals surface area contributed by atoms with Crippen LogP contribution in [0.2, 0.25) is 0 Å². The first-order valence-electron chi connectivity index (χ1n) is 5.89. The van der Waals surface area contributed by atoms with Crippen molar-refractivity contribution < 1.29 is 4.74 Å². The number of hydrogen-bond acceptors (Lipinski definition) is 3. The molecule has 1 aromatic rings. The van der Waals surface area contributed by atoms with E-state index in [2.05, 4.69) is 37.1 Å². The van der Waals surface area contributed by atoms with Gasteiger partial charge in [0, 0.05) is 25.9 Å². The van der Waals surface area contributed by atoms with Gasteiger partial charge in [-0.1, -0.05) is 19.9 Å². The Kier molecular flexibility index (Phi) is 6.04. The first-order chi connectivity index (χ1) is 7.70. The second-order valence-corrected chi connectivity index (χ2v) is 4.41. The van der Waals surface area contributed by atoms with E-state index in [0.717, 1.165) is 32.0 Å². The Bertz CT molecular complexity index is 300. The summed E-state index contributed by atoms with van der Waals surface area (Å²) < 4.78 is 5.48. The molecule has 1 rings (SSSR count). The molecule has 0 saturated heterocycles. The molecule has 0 amide bonds. The average molecular weight is 222 g/mol. The predicted octanol–water partition coefficient (Wildman–Crippen LogP) is 2.15. The molecule has 3 nitrogen and oxygen atoms in total. The van der Waals surface area contributed by atoms with Crippen molar-refractivity contribution in [3.05, 3.63) is 29.6 Å². The van der Waals surface area contributed by atoms with Gasteiger partial charge in [-0.3, -0.25) is 4.98 Å². The lowest BCUT2D eigenvalue weighted by molar-refractivity contribution is 0.111. The molecule has 0 aliphatic carbocycles. The van der Waals surface area contributed by atoms with Crippen LogP contribution in [-0.4, -0.2) is 24.7 Å². The highest BCUT2D eigenvalue weighted by Gasteiger charge is 1.98. The smallest absolute Gasteiger partial charge is 0.0591 e. The molecular weight excluding hydrogens is 200 g/mol. The summed E-state index contributed by atoms with van der Waals surface area (Å²) in [6.45, 7) is 9.70. The van der Waals surface area contributed by atoms with Crippen molar-refractivity contribution in [1.82, 2.24) is 10.3 Å². The molecule has 0 unspecified atom stereocenters. The normalized spacial score (nSPS) is 11.0. The lowest BCUT2D eigenvalue weighted by Crippen LogP contribution is -2.21. The van der Waals surface area contributed by atoms with Gasteiger partial charge in [-0.05, 0) is 24.5 Å². The standard InChI is InChI=1S/C13H22N2O/c1-11(2)10-16-8-7-14-9-13-12(3)5-4-6-15-13/h4-6,11,14H,7-10H2,1-3H3. The Morgan fingerprint density at radius 2 is 2.25 bits per heavy atom. The van der Waals surface area contributed by atoms with Crippen LogP contribution < -0.4 is 5.32 Å². The molecule has 0 saturated carbocycles. The van der Waals surface area contributed by atoms with Crippen LogP contribution >= 0.6 is 0 Å². The first kappa shape index (κ1) is 13.1. The van der Waals surface area contributed by atoms with Crippen molar-refractivity contribution in [3.63, 3.8) is 0 Å². The lowest BCUT2D eigenvalue weighted by Gasteiger charge is -2.08. The summed E-state index contributed by atoms with van der Waals surface area (Å²) >= 11 is 0. The van der Waals surface area contributed by atoms with E-state index in [0.29, 0.717) is 5.92 Å². The fourth-order valence-corrected chi connectivity index (χ4v) is 1.37. The minimum Gasteiger partial charge on any atom is -0.380 e. The third-order valence-electron chi connectivity index (χ3n) is 2.28. The van der Waals surface area contributed by atoms with E-state index in [1.165, 1.54) is 5.56 Å². The zero-order chi connectivity index (χ0) is 11.8. The summed E-state index contributed by atoms with van der Waals surface area (Å²) in [5.74, 6) is 0.609. The fourth-order valence-electron chi connectivity index (χ4n) is 1.37. The molecule has 0 aromatic carbocycles. The highest BCUT2D eigenvalue weighted by Crippen LogP contribution is 2.01. The van der Waals surface area contributed by atoms with Gasteiger partial charge in [0.2, 0.25) is 0 Å². The Morgan fingerprint density at radius 1 is 1.44 bits per heavy atom. The number of ether oxygens (including phenoxy) is 1. The van der Waals surface area contributed by atoms with Gasteiger partial charge in [0.25, 0.3) is 0 Å². The first-order valence-corrected chi connectivity index (χ1v) is 5.89. The maximum Gasteiger partial charge on any atom is 0.0591 e. The van der Waals surface area contributed by atoms with E-state index < -0.39 is 0 Å². The van der Waals surface area contributed by atoms with Crippen molar-refractivity contribution in [2.45, 2.75) is 27.3 Å². The van der Waals surface area contributed by atoms with Gasteiger partial charge in [-0.25, -0.2) is 0 Å².